The Hall–Kier alpha value is -6.97. The number of benzene rings is 9. The van der Waals surface area contributed by atoms with Crippen molar-refractivity contribution >= 4 is 43.1 Å². The first-order valence-corrected chi connectivity index (χ1v) is 17.6. The van der Waals surface area contributed by atoms with Crippen molar-refractivity contribution in [3.63, 3.8) is 0 Å². The molecule has 0 unspecified atom stereocenters. The molecule has 9 aromatic carbocycles. The zero-order valence-electron chi connectivity index (χ0n) is 28.2. The van der Waals surface area contributed by atoms with Crippen LogP contribution in [0, 0.1) is 0 Å². The van der Waals surface area contributed by atoms with Crippen LogP contribution in [0.1, 0.15) is 0 Å². The van der Waals surface area contributed by atoms with Gasteiger partial charge in [-0.2, -0.15) is 0 Å². The fourth-order valence-electron chi connectivity index (χ4n) is 7.71. The smallest absolute Gasteiger partial charge is 0.164 e. The van der Waals surface area contributed by atoms with Gasteiger partial charge in [-0.05, 0) is 77.5 Å². The van der Waals surface area contributed by atoms with E-state index in [1.165, 1.54) is 43.1 Å². The number of hydrogen-bond acceptors (Lipinski definition) is 3. The molecule has 0 bridgehead atoms. The topological polar surface area (TPSA) is 38.7 Å². The first kappa shape index (κ1) is 29.9. The van der Waals surface area contributed by atoms with Crippen LogP contribution in [0.15, 0.2) is 188 Å². The van der Waals surface area contributed by atoms with Crippen LogP contribution in [0.5, 0.6) is 0 Å². The highest BCUT2D eigenvalue weighted by Crippen LogP contribution is 2.44. The van der Waals surface area contributed by atoms with E-state index in [-0.39, 0.29) is 0 Å². The Morgan fingerprint density at radius 1 is 0.231 bits per heavy atom. The summed E-state index contributed by atoms with van der Waals surface area (Å²) < 4.78 is 0. The molecule has 0 saturated carbocycles. The molecule has 0 aliphatic heterocycles. The van der Waals surface area contributed by atoms with Crippen molar-refractivity contribution in [1.82, 2.24) is 15.0 Å². The summed E-state index contributed by atoms with van der Waals surface area (Å²) in [6.07, 6.45) is 0. The SMILES string of the molecule is c1ccc(-c2cccc(-c3nc(-c4ccccc4)nc(-c4ccccc4-c4cc5c6ccccc6c6ccccc6c5c5ccccc45)n3)c2)cc1. The second-order valence-electron chi connectivity index (χ2n) is 13.1. The van der Waals surface area contributed by atoms with E-state index in [1.54, 1.807) is 0 Å². The quantitative estimate of drug-likeness (QED) is 0.172. The average Bonchev–Trinajstić information content (AvgIpc) is 3.24. The third kappa shape index (κ3) is 5.02. The average molecular weight is 662 g/mol. The lowest BCUT2D eigenvalue weighted by Crippen LogP contribution is -2.01. The Balaban J connectivity index is 1.24. The largest absolute Gasteiger partial charge is 0.208 e. The summed E-state index contributed by atoms with van der Waals surface area (Å²) in [5.74, 6) is 1.91. The summed E-state index contributed by atoms with van der Waals surface area (Å²) in [6, 6.07) is 66.3. The third-order valence-electron chi connectivity index (χ3n) is 10.1. The fraction of sp³-hybridized carbons (Fsp3) is 0. The van der Waals surface area contributed by atoms with E-state index in [0.29, 0.717) is 17.5 Å². The molecule has 0 aliphatic carbocycles. The number of fused-ring (bicyclic) bond motifs is 8. The normalized spacial score (nSPS) is 11.5. The first-order chi connectivity index (χ1) is 25.8. The fourth-order valence-corrected chi connectivity index (χ4v) is 7.71. The van der Waals surface area contributed by atoms with Gasteiger partial charge < -0.3 is 0 Å². The van der Waals surface area contributed by atoms with Gasteiger partial charge in [-0.3, -0.25) is 0 Å². The van der Waals surface area contributed by atoms with Gasteiger partial charge in [-0.25, -0.2) is 15.0 Å². The maximum atomic E-state index is 5.23. The summed E-state index contributed by atoms with van der Waals surface area (Å²) in [5.41, 5.74) is 7.32. The van der Waals surface area contributed by atoms with Gasteiger partial charge in [0.15, 0.2) is 17.5 Å². The molecule has 242 valence electrons. The summed E-state index contributed by atoms with van der Waals surface area (Å²) >= 11 is 0. The first-order valence-electron chi connectivity index (χ1n) is 17.6. The molecule has 0 fully saturated rings. The number of nitrogens with zero attached hydrogens (tertiary/aromatic N) is 3. The molecule has 3 nitrogen and oxygen atoms in total. The predicted molar refractivity (Wildman–Crippen MR) is 217 cm³/mol. The Bertz CT molecular complexity index is 2950. The van der Waals surface area contributed by atoms with Crippen LogP contribution >= 0.6 is 0 Å². The summed E-state index contributed by atoms with van der Waals surface area (Å²) in [5, 5.41) is 9.96. The highest BCUT2D eigenvalue weighted by Gasteiger charge is 2.19. The second-order valence-corrected chi connectivity index (χ2v) is 13.1. The lowest BCUT2D eigenvalue weighted by Gasteiger charge is -2.18. The number of rotatable bonds is 5. The summed E-state index contributed by atoms with van der Waals surface area (Å²) in [7, 11) is 0. The van der Waals surface area contributed by atoms with E-state index in [4.69, 9.17) is 15.0 Å². The molecule has 0 radical (unpaired) electrons. The maximum absolute atomic E-state index is 5.23. The molecule has 0 N–H and O–H groups in total. The van der Waals surface area contributed by atoms with Crippen LogP contribution in [-0.4, -0.2) is 15.0 Å². The third-order valence-corrected chi connectivity index (χ3v) is 10.1. The van der Waals surface area contributed by atoms with Gasteiger partial charge in [0.25, 0.3) is 0 Å². The summed E-state index contributed by atoms with van der Waals surface area (Å²) in [6.45, 7) is 0. The van der Waals surface area contributed by atoms with Crippen molar-refractivity contribution in [1.29, 1.82) is 0 Å². The van der Waals surface area contributed by atoms with Crippen LogP contribution in [0.4, 0.5) is 0 Å². The van der Waals surface area contributed by atoms with Gasteiger partial charge in [0, 0.05) is 16.7 Å². The standard InChI is InChI=1S/C49H31N3/c1-3-16-32(17-4-1)34-20-15-21-35(30-34)48-50-47(33-18-5-2-6-19-33)51-49(52-48)43-29-14-11-26-40(43)44-31-45-38-24-8-7-22-36(38)37-23-9-12-27-41(37)46(45)42-28-13-10-25-39(42)44/h1-31H. The van der Waals surface area contributed by atoms with E-state index in [1.807, 2.05) is 24.3 Å². The molecule has 0 aliphatic rings. The van der Waals surface area contributed by atoms with Crippen molar-refractivity contribution in [2.45, 2.75) is 0 Å². The Labute approximate surface area is 301 Å². The van der Waals surface area contributed by atoms with Gasteiger partial charge in [0.2, 0.25) is 0 Å². The van der Waals surface area contributed by atoms with E-state index >= 15 is 0 Å². The minimum atomic E-state index is 0.636. The van der Waals surface area contributed by atoms with E-state index in [2.05, 4.69) is 164 Å². The van der Waals surface area contributed by atoms with E-state index in [9.17, 15) is 0 Å². The molecule has 0 amide bonds. The molecule has 10 rings (SSSR count). The van der Waals surface area contributed by atoms with Crippen molar-refractivity contribution in [2.24, 2.45) is 0 Å². The monoisotopic (exact) mass is 661 g/mol. The highest BCUT2D eigenvalue weighted by atomic mass is 15.0. The van der Waals surface area contributed by atoms with Crippen LogP contribution in [0.2, 0.25) is 0 Å². The van der Waals surface area contributed by atoms with Crippen LogP contribution in [0.25, 0.3) is 99.5 Å². The highest BCUT2D eigenvalue weighted by molar-refractivity contribution is 6.33. The van der Waals surface area contributed by atoms with Gasteiger partial charge in [0.1, 0.15) is 0 Å². The van der Waals surface area contributed by atoms with Crippen molar-refractivity contribution < 1.29 is 0 Å². The minimum Gasteiger partial charge on any atom is -0.208 e. The van der Waals surface area contributed by atoms with Crippen LogP contribution in [0.3, 0.4) is 0 Å². The van der Waals surface area contributed by atoms with E-state index in [0.717, 1.165) is 38.9 Å². The molecule has 0 saturated heterocycles. The van der Waals surface area contributed by atoms with Crippen molar-refractivity contribution in [2.75, 3.05) is 0 Å². The molecule has 3 heteroatoms. The molecular formula is C49H31N3. The van der Waals surface area contributed by atoms with Crippen molar-refractivity contribution in [3.8, 4) is 56.4 Å². The summed E-state index contributed by atoms with van der Waals surface area (Å²) in [4.78, 5) is 15.5. The molecule has 10 aromatic rings. The Kier molecular flexibility index (Phi) is 7.14. The molecule has 52 heavy (non-hydrogen) atoms. The number of aromatic nitrogens is 3. The lowest BCUT2D eigenvalue weighted by atomic mass is 9.86. The van der Waals surface area contributed by atoms with E-state index < -0.39 is 0 Å². The van der Waals surface area contributed by atoms with Crippen LogP contribution in [-0.2, 0) is 0 Å². The molecule has 1 heterocycles. The van der Waals surface area contributed by atoms with Gasteiger partial charge >= 0.3 is 0 Å². The zero-order chi connectivity index (χ0) is 34.4. The molecular weight excluding hydrogens is 631 g/mol. The van der Waals surface area contributed by atoms with Gasteiger partial charge in [-0.15, -0.1) is 0 Å². The lowest BCUT2D eigenvalue weighted by molar-refractivity contribution is 1.07. The van der Waals surface area contributed by atoms with Gasteiger partial charge in [-0.1, -0.05) is 176 Å². The van der Waals surface area contributed by atoms with Crippen LogP contribution < -0.4 is 0 Å². The predicted octanol–water partition coefficient (Wildman–Crippen LogP) is 12.8. The minimum absolute atomic E-state index is 0.636. The van der Waals surface area contributed by atoms with Crippen molar-refractivity contribution in [3.05, 3.63) is 188 Å². The maximum Gasteiger partial charge on any atom is 0.164 e. The zero-order valence-corrected chi connectivity index (χ0v) is 28.2. The Morgan fingerprint density at radius 2 is 0.673 bits per heavy atom. The second kappa shape index (κ2) is 12.4. The molecule has 0 spiro atoms. The molecule has 0 atom stereocenters. The molecule has 1 aromatic heterocycles. The Morgan fingerprint density at radius 3 is 1.37 bits per heavy atom. The number of hydrogen-bond donors (Lipinski definition) is 0. The van der Waals surface area contributed by atoms with Gasteiger partial charge in [0.05, 0.1) is 0 Å².